The Morgan fingerprint density at radius 3 is 2.56 bits per heavy atom. The Morgan fingerprint density at radius 2 is 2.00 bits per heavy atom. The van der Waals surface area contributed by atoms with Crippen LogP contribution in [0.2, 0.25) is 0 Å². The average molecular weight is 285 g/mol. The molecule has 0 fully saturated rings. The number of hydrogen-bond acceptors (Lipinski definition) is 2. The monoisotopic (exact) mass is 284 g/mol. The minimum atomic E-state index is 0.738. The van der Waals surface area contributed by atoms with Crippen LogP contribution >= 0.6 is 15.9 Å². The predicted octanol–water partition coefficient (Wildman–Crippen LogP) is 3.97. The lowest BCUT2D eigenvalue weighted by Gasteiger charge is -2.19. The summed E-state index contributed by atoms with van der Waals surface area (Å²) < 4.78 is 1.12. The first kappa shape index (κ1) is 13.4. The Balaban J connectivity index is 2.72. The van der Waals surface area contributed by atoms with E-state index in [4.69, 9.17) is 0 Å². The molecule has 0 heterocycles. The van der Waals surface area contributed by atoms with E-state index in [0.29, 0.717) is 0 Å². The molecular formula is C13H21BrN2. The van der Waals surface area contributed by atoms with Gasteiger partial charge < -0.3 is 10.2 Å². The minimum absolute atomic E-state index is 0.738. The Hall–Kier alpha value is -0.700. The summed E-state index contributed by atoms with van der Waals surface area (Å²) in [5.74, 6) is 0.738. The third kappa shape index (κ3) is 4.05. The standard InChI is InChI=1S/C13H21BrN2/c1-10(2)7-8-15-12-9-11(14)5-6-13(12)16(3)4/h5-6,9-10,15H,7-8H2,1-4H3. The van der Waals surface area contributed by atoms with Crippen LogP contribution in [0.1, 0.15) is 20.3 Å². The molecule has 90 valence electrons. The highest BCUT2D eigenvalue weighted by molar-refractivity contribution is 9.10. The molecule has 1 aromatic rings. The van der Waals surface area contributed by atoms with Crippen molar-refractivity contribution < 1.29 is 0 Å². The fourth-order valence-corrected chi connectivity index (χ4v) is 1.90. The number of halogens is 1. The topological polar surface area (TPSA) is 15.3 Å². The van der Waals surface area contributed by atoms with Crippen molar-refractivity contribution in [3.05, 3.63) is 22.7 Å². The van der Waals surface area contributed by atoms with Gasteiger partial charge in [0.2, 0.25) is 0 Å². The molecule has 3 heteroatoms. The number of rotatable bonds is 5. The van der Waals surface area contributed by atoms with Gasteiger partial charge in [0, 0.05) is 25.1 Å². The summed E-state index contributed by atoms with van der Waals surface area (Å²) in [4.78, 5) is 2.13. The molecule has 0 aliphatic rings. The normalized spacial score (nSPS) is 10.6. The maximum atomic E-state index is 3.51. The number of nitrogens with one attached hydrogen (secondary N) is 1. The van der Waals surface area contributed by atoms with E-state index >= 15 is 0 Å². The van der Waals surface area contributed by atoms with Crippen molar-refractivity contribution in [2.45, 2.75) is 20.3 Å². The van der Waals surface area contributed by atoms with Crippen molar-refractivity contribution in [1.29, 1.82) is 0 Å². The van der Waals surface area contributed by atoms with E-state index in [1.165, 1.54) is 17.8 Å². The summed E-state index contributed by atoms with van der Waals surface area (Å²) in [6.07, 6.45) is 1.19. The highest BCUT2D eigenvalue weighted by Crippen LogP contribution is 2.28. The van der Waals surface area contributed by atoms with Gasteiger partial charge >= 0.3 is 0 Å². The van der Waals surface area contributed by atoms with Gasteiger partial charge in [0.05, 0.1) is 11.4 Å². The molecule has 0 radical (unpaired) electrons. The van der Waals surface area contributed by atoms with Crippen LogP contribution < -0.4 is 10.2 Å². The third-order valence-corrected chi connectivity index (χ3v) is 2.97. The summed E-state index contributed by atoms with van der Waals surface area (Å²) in [5, 5.41) is 3.50. The van der Waals surface area contributed by atoms with E-state index < -0.39 is 0 Å². The molecule has 0 atom stereocenters. The molecule has 0 aliphatic heterocycles. The molecule has 2 nitrogen and oxygen atoms in total. The highest BCUT2D eigenvalue weighted by atomic mass is 79.9. The smallest absolute Gasteiger partial charge is 0.0597 e. The van der Waals surface area contributed by atoms with Gasteiger partial charge in [-0.05, 0) is 30.5 Å². The van der Waals surface area contributed by atoms with Gasteiger partial charge in [-0.25, -0.2) is 0 Å². The van der Waals surface area contributed by atoms with E-state index in [-0.39, 0.29) is 0 Å². The second-order valence-electron chi connectivity index (χ2n) is 4.67. The zero-order valence-electron chi connectivity index (χ0n) is 10.5. The molecule has 0 saturated heterocycles. The molecule has 1 rings (SSSR count). The van der Waals surface area contributed by atoms with Gasteiger partial charge in [0.1, 0.15) is 0 Å². The van der Waals surface area contributed by atoms with E-state index in [9.17, 15) is 0 Å². The van der Waals surface area contributed by atoms with Crippen LogP contribution in [-0.4, -0.2) is 20.6 Å². The summed E-state index contributed by atoms with van der Waals surface area (Å²) in [6.45, 7) is 5.51. The van der Waals surface area contributed by atoms with Crippen LogP contribution in [0.5, 0.6) is 0 Å². The number of benzene rings is 1. The van der Waals surface area contributed by atoms with Crippen LogP contribution in [-0.2, 0) is 0 Å². The molecule has 16 heavy (non-hydrogen) atoms. The van der Waals surface area contributed by atoms with Crippen molar-refractivity contribution in [3.63, 3.8) is 0 Å². The van der Waals surface area contributed by atoms with Gasteiger partial charge in [-0.2, -0.15) is 0 Å². The number of nitrogens with zero attached hydrogens (tertiary/aromatic N) is 1. The highest BCUT2D eigenvalue weighted by Gasteiger charge is 2.04. The van der Waals surface area contributed by atoms with Gasteiger partial charge in [0.25, 0.3) is 0 Å². The van der Waals surface area contributed by atoms with Crippen molar-refractivity contribution in [2.24, 2.45) is 5.92 Å². The summed E-state index contributed by atoms with van der Waals surface area (Å²) >= 11 is 3.51. The zero-order chi connectivity index (χ0) is 12.1. The van der Waals surface area contributed by atoms with E-state index in [0.717, 1.165) is 16.9 Å². The zero-order valence-corrected chi connectivity index (χ0v) is 12.1. The second-order valence-corrected chi connectivity index (χ2v) is 5.58. The maximum Gasteiger partial charge on any atom is 0.0597 e. The molecule has 0 saturated carbocycles. The maximum absolute atomic E-state index is 3.51. The molecule has 1 aromatic carbocycles. The van der Waals surface area contributed by atoms with Gasteiger partial charge in [-0.1, -0.05) is 29.8 Å². The molecule has 0 bridgehead atoms. The van der Waals surface area contributed by atoms with Crippen LogP contribution in [0, 0.1) is 5.92 Å². The summed E-state index contributed by atoms with van der Waals surface area (Å²) in [5.41, 5.74) is 2.42. The van der Waals surface area contributed by atoms with Crippen molar-refractivity contribution in [1.82, 2.24) is 0 Å². The lowest BCUT2D eigenvalue weighted by Crippen LogP contribution is -2.13. The molecule has 0 unspecified atom stereocenters. The third-order valence-electron chi connectivity index (χ3n) is 2.48. The quantitative estimate of drug-likeness (QED) is 0.880. The summed E-state index contributed by atoms with van der Waals surface area (Å²) in [6, 6.07) is 6.33. The van der Waals surface area contributed by atoms with E-state index in [2.05, 4.69) is 72.3 Å². The van der Waals surface area contributed by atoms with Crippen LogP contribution in [0.15, 0.2) is 22.7 Å². The van der Waals surface area contributed by atoms with Crippen LogP contribution in [0.25, 0.3) is 0 Å². The van der Waals surface area contributed by atoms with Gasteiger partial charge in [-0.3, -0.25) is 0 Å². The van der Waals surface area contributed by atoms with Crippen LogP contribution in [0.3, 0.4) is 0 Å². The SMILES string of the molecule is CC(C)CCNc1cc(Br)ccc1N(C)C. The van der Waals surface area contributed by atoms with Crippen LogP contribution in [0.4, 0.5) is 11.4 Å². The van der Waals surface area contributed by atoms with Gasteiger partial charge in [-0.15, -0.1) is 0 Å². The predicted molar refractivity (Wildman–Crippen MR) is 76.4 cm³/mol. The minimum Gasteiger partial charge on any atom is -0.383 e. The van der Waals surface area contributed by atoms with E-state index in [1.54, 1.807) is 0 Å². The molecular weight excluding hydrogens is 264 g/mol. The molecule has 0 amide bonds. The fraction of sp³-hybridized carbons (Fsp3) is 0.538. The Labute approximate surface area is 107 Å². The Kier molecular flexibility index (Phi) is 5.13. The summed E-state index contributed by atoms with van der Waals surface area (Å²) in [7, 11) is 4.13. The second kappa shape index (κ2) is 6.14. The number of hydrogen-bond donors (Lipinski definition) is 1. The molecule has 0 aliphatic carbocycles. The first-order valence-electron chi connectivity index (χ1n) is 5.71. The molecule has 0 spiro atoms. The average Bonchev–Trinajstić information content (AvgIpc) is 2.16. The first-order chi connectivity index (χ1) is 7.50. The van der Waals surface area contributed by atoms with E-state index in [1.807, 2.05) is 0 Å². The largest absolute Gasteiger partial charge is 0.383 e. The van der Waals surface area contributed by atoms with Crippen molar-refractivity contribution >= 4 is 27.3 Å². The lowest BCUT2D eigenvalue weighted by atomic mass is 10.1. The first-order valence-corrected chi connectivity index (χ1v) is 6.50. The van der Waals surface area contributed by atoms with Crippen molar-refractivity contribution in [3.8, 4) is 0 Å². The van der Waals surface area contributed by atoms with Crippen molar-refractivity contribution in [2.75, 3.05) is 30.9 Å². The Morgan fingerprint density at radius 1 is 1.31 bits per heavy atom. The molecule has 0 aromatic heterocycles. The van der Waals surface area contributed by atoms with Gasteiger partial charge in [0.15, 0.2) is 0 Å². The fourth-order valence-electron chi connectivity index (χ4n) is 1.54. The lowest BCUT2D eigenvalue weighted by molar-refractivity contribution is 0.607. The molecule has 1 N–H and O–H groups in total. The Bertz CT molecular complexity index is 335. The number of anilines is 2.